The zero-order valence-corrected chi connectivity index (χ0v) is 26.3. The Labute approximate surface area is 268 Å². The lowest BCUT2D eigenvalue weighted by atomic mass is 9.71. The molecule has 0 spiro atoms. The van der Waals surface area contributed by atoms with Gasteiger partial charge in [0, 0.05) is 35.5 Å². The van der Waals surface area contributed by atoms with Crippen LogP contribution in [0, 0.1) is 0 Å². The number of alkyl carbamates (subject to hydrolysis) is 1. The molecule has 2 aromatic heterocycles. The summed E-state index contributed by atoms with van der Waals surface area (Å²) in [5.41, 5.74) is 7.05. The van der Waals surface area contributed by atoms with E-state index < -0.39 is 17.2 Å². The van der Waals surface area contributed by atoms with E-state index >= 15 is 0 Å². The molecule has 1 fully saturated rings. The van der Waals surface area contributed by atoms with E-state index in [4.69, 9.17) is 14.7 Å². The summed E-state index contributed by atoms with van der Waals surface area (Å²) in [5, 5.41) is 9.53. The highest BCUT2D eigenvalue weighted by Crippen LogP contribution is 2.46. The van der Waals surface area contributed by atoms with Crippen LogP contribution < -0.4 is 16.0 Å². The van der Waals surface area contributed by atoms with Gasteiger partial charge < -0.3 is 20.7 Å². The highest BCUT2D eigenvalue weighted by Gasteiger charge is 2.41. The lowest BCUT2D eigenvalue weighted by Crippen LogP contribution is -2.52. The zero-order valence-electron chi connectivity index (χ0n) is 26.3. The number of hydrogen-bond acceptors (Lipinski definition) is 6. The molecular formula is C37H36N6O3. The van der Waals surface area contributed by atoms with E-state index in [1.54, 1.807) is 6.20 Å². The number of aromatic nitrogens is 3. The van der Waals surface area contributed by atoms with Crippen LogP contribution in [0.3, 0.4) is 0 Å². The van der Waals surface area contributed by atoms with Gasteiger partial charge in [0.2, 0.25) is 5.91 Å². The number of imidazole rings is 1. The molecule has 2 aliphatic rings. The Morgan fingerprint density at radius 1 is 0.913 bits per heavy atom. The minimum atomic E-state index is -0.575. The average Bonchev–Trinajstić information content (AvgIpc) is 3.33. The van der Waals surface area contributed by atoms with Gasteiger partial charge in [0.05, 0.1) is 28.3 Å². The summed E-state index contributed by atoms with van der Waals surface area (Å²) in [6.45, 7) is 7.11. The van der Waals surface area contributed by atoms with Gasteiger partial charge in [-0.15, -0.1) is 0 Å². The molecule has 0 saturated heterocycles. The van der Waals surface area contributed by atoms with E-state index in [0.29, 0.717) is 0 Å². The summed E-state index contributed by atoms with van der Waals surface area (Å²) in [5.74, 6) is 1.39. The number of para-hydroxylation sites is 1. The van der Waals surface area contributed by atoms with Gasteiger partial charge in [-0.3, -0.25) is 9.36 Å². The molecule has 0 radical (unpaired) electrons. The normalized spacial score (nSPS) is 14.3. The Hall–Kier alpha value is -5.44. The van der Waals surface area contributed by atoms with Gasteiger partial charge in [-0.05, 0) is 82.0 Å². The Balaban J connectivity index is 1.38. The molecular weight excluding hydrogens is 576 g/mol. The topological polar surface area (TPSA) is 110 Å². The van der Waals surface area contributed by atoms with Crippen LogP contribution in [0.25, 0.3) is 39.6 Å². The van der Waals surface area contributed by atoms with Crippen LogP contribution >= 0.6 is 0 Å². The second-order valence-corrected chi connectivity index (χ2v) is 12.9. The fourth-order valence-corrected chi connectivity index (χ4v) is 6.27. The third-order valence-electron chi connectivity index (χ3n) is 8.46. The highest BCUT2D eigenvalue weighted by atomic mass is 16.6. The number of hydrogen-bond donors (Lipinski definition) is 3. The summed E-state index contributed by atoms with van der Waals surface area (Å²) >= 11 is 0. The molecule has 7 rings (SSSR count). The predicted octanol–water partition coefficient (Wildman–Crippen LogP) is 8.19. The van der Waals surface area contributed by atoms with Gasteiger partial charge in [-0.2, -0.15) is 0 Å². The van der Waals surface area contributed by atoms with Crippen LogP contribution in [0.15, 0.2) is 91.1 Å². The van der Waals surface area contributed by atoms with Crippen LogP contribution in [0.1, 0.15) is 52.5 Å². The molecule has 3 aromatic carbocycles. The summed E-state index contributed by atoms with van der Waals surface area (Å²) in [7, 11) is 0. The largest absolute Gasteiger partial charge is 0.444 e. The van der Waals surface area contributed by atoms with E-state index in [2.05, 4.69) is 50.8 Å². The lowest BCUT2D eigenvalue weighted by molar-refractivity contribution is -0.114. The molecule has 0 atom stereocenters. The van der Waals surface area contributed by atoms with Gasteiger partial charge in [-0.25, -0.2) is 14.8 Å². The minimum absolute atomic E-state index is 0.124. The van der Waals surface area contributed by atoms with Crippen LogP contribution in [0.2, 0.25) is 0 Å². The molecule has 2 amide bonds. The summed E-state index contributed by atoms with van der Waals surface area (Å²) in [6.07, 6.45) is 4.10. The number of anilines is 3. The molecule has 3 heterocycles. The standard InChI is InChI=1S/C37H36N6O3/c1-23(44)39-27-18-14-24(15-19-27)31-32(25-12-16-26(17-13-25)37(20-8-21-37)42-35(45)46-36(2,3)4)43-30-11-7-22-38-33(30)40-29-10-6-5-9-28(29)34(43)41-31/h5-7,9-19,22H,8,20-21H2,1-4H3,(H,38,40)(H,39,44)(H,42,45). The first-order valence-corrected chi connectivity index (χ1v) is 15.5. The van der Waals surface area contributed by atoms with E-state index in [1.165, 1.54) is 6.92 Å². The molecule has 5 aromatic rings. The number of rotatable bonds is 5. The van der Waals surface area contributed by atoms with Crippen LogP contribution in [0.4, 0.5) is 22.0 Å². The van der Waals surface area contributed by atoms with Crippen molar-refractivity contribution < 1.29 is 14.3 Å². The summed E-state index contributed by atoms with van der Waals surface area (Å²) in [6, 6.07) is 28.2. The number of fused-ring (bicyclic) bond motifs is 5. The first-order chi connectivity index (χ1) is 22.1. The number of nitrogens with zero attached hydrogens (tertiary/aromatic N) is 3. The van der Waals surface area contributed by atoms with Crippen molar-refractivity contribution in [2.45, 2.75) is 58.1 Å². The maximum atomic E-state index is 12.8. The Bertz CT molecular complexity index is 1950. The van der Waals surface area contributed by atoms with Crippen molar-refractivity contribution in [3.63, 3.8) is 0 Å². The molecule has 0 unspecified atom stereocenters. The number of benzene rings is 3. The fraction of sp³-hybridized carbons (Fsp3) is 0.243. The Morgan fingerprint density at radius 3 is 2.30 bits per heavy atom. The predicted molar refractivity (Wildman–Crippen MR) is 180 cm³/mol. The third-order valence-corrected chi connectivity index (χ3v) is 8.46. The first-order valence-electron chi connectivity index (χ1n) is 15.5. The van der Waals surface area contributed by atoms with Gasteiger partial charge in [0.15, 0.2) is 5.82 Å². The van der Waals surface area contributed by atoms with Gasteiger partial charge >= 0.3 is 6.09 Å². The molecule has 9 heteroatoms. The van der Waals surface area contributed by atoms with E-state index in [9.17, 15) is 9.59 Å². The lowest BCUT2D eigenvalue weighted by Gasteiger charge is -2.43. The van der Waals surface area contributed by atoms with Crippen molar-refractivity contribution in [2.24, 2.45) is 0 Å². The molecule has 1 aliphatic carbocycles. The minimum Gasteiger partial charge on any atom is -0.444 e. The molecule has 232 valence electrons. The number of ether oxygens (including phenoxy) is 1. The Morgan fingerprint density at radius 2 is 1.63 bits per heavy atom. The number of nitrogens with one attached hydrogen (secondary N) is 3. The number of amides is 2. The van der Waals surface area contributed by atoms with Gasteiger partial charge in [0.25, 0.3) is 0 Å². The van der Waals surface area contributed by atoms with Gasteiger partial charge in [0.1, 0.15) is 11.4 Å². The molecule has 9 nitrogen and oxygen atoms in total. The van der Waals surface area contributed by atoms with Crippen molar-refractivity contribution in [1.82, 2.24) is 19.9 Å². The third kappa shape index (κ3) is 5.38. The van der Waals surface area contributed by atoms with Crippen molar-refractivity contribution >= 4 is 29.2 Å². The molecule has 0 bridgehead atoms. The second kappa shape index (κ2) is 11.2. The molecule has 1 saturated carbocycles. The molecule has 46 heavy (non-hydrogen) atoms. The second-order valence-electron chi connectivity index (χ2n) is 12.9. The van der Waals surface area contributed by atoms with E-state index in [1.807, 2.05) is 75.4 Å². The van der Waals surface area contributed by atoms with Crippen LogP contribution in [0.5, 0.6) is 0 Å². The SMILES string of the molecule is CC(=O)Nc1ccc(-c2nc3n(c2-c2ccc(C4(NC(=O)OC(C)(C)C)CCC4)cc2)-c2cccnc2Nc2ccccc2-3)cc1. The molecule has 1 aliphatic heterocycles. The fourth-order valence-electron chi connectivity index (χ4n) is 6.27. The Kier molecular flexibility index (Phi) is 7.11. The number of pyridine rings is 1. The van der Waals surface area contributed by atoms with Crippen molar-refractivity contribution in [2.75, 3.05) is 10.6 Å². The maximum Gasteiger partial charge on any atom is 0.408 e. The number of carbonyl (C=O) groups excluding carboxylic acids is 2. The average molecular weight is 613 g/mol. The van der Waals surface area contributed by atoms with Crippen molar-refractivity contribution in [3.05, 3.63) is 96.7 Å². The first kappa shape index (κ1) is 29.3. The highest BCUT2D eigenvalue weighted by molar-refractivity contribution is 5.92. The van der Waals surface area contributed by atoms with E-state index in [0.717, 1.165) is 81.6 Å². The summed E-state index contributed by atoms with van der Waals surface area (Å²) < 4.78 is 7.78. The summed E-state index contributed by atoms with van der Waals surface area (Å²) in [4.78, 5) is 34.5. The van der Waals surface area contributed by atoms with E-state index in [-0.39, 0.29) is 5.91 Å². The molecule has 3 N–H and O–H groups in total. The van der Waals surface area contributed by atoms with Crippen molar-refractivity contribution in [3.8, 4) is 39.6 Å². The maximum absolute atomic E-state index is 12.8. The quantitative estimate of drug-likeness (QED) is 0.181. The van der Waals surface area contributed by atoms with Crippen molar-refractivity contribution in [1.29, 1.82) is 0 Å². The smallest absolute Gasteiger partial charge is 0.408 e. The van der Waals surface area contributed by atoms with Crippen LogP contribution in [-0.2, 0) is 15.1 Å². The van der Waals surface area contributed by atoms with Gasteiger partial charge in [-0.1, -0.05) is 48.5 Å². The zero-order chi connectivity index (χ0) is 32.1. The van der Waals surface area contributed by atoms with Crippen LogP contribution in [-0.4, -0.2) is 32.1 Å². The monoisotopic (exact) mass is 612 g/mol. The number of carbonyl (C=O) groups is 2.